The van der Waals surface area contributed by atoms with E-state index in [-0.39, 0.29) is 12.5 Å². The highest BCUT2D eigenvalue weighted by molar-refractivity contribution is 5.92. The molecule has 0 aromatic carbocycles. The van der Waals surface area contributed by atoms with E-state index in [9.17, 15) is 4.79 Å². The minimum absolute atomic E-state index is 0.158. The second-order valence-corrected chi connectivity index (χ2v) is 2.97. The number of nitrogens with one attached hydrogen (secondary N) is 1. The molecule has 4 nitrogen and oxygen atoms in total. The van der Waals surface area contributed by atoms with Gasteiger partial charge in [0.15, 0.2) is 0 Å². The maximum absolute atomic E-state index is 11.6. The van der Waals surface area contributed by atoms with Crippen LogP contribution in [0.25, 0.3) is 0 Å². The minimum Gasteiger partial charge on any atom is -0.383 e. The van der Waals surface area contributed by atoms with Crippen LogP contribution >= 0.6 is 0 Å². The normalized spacial score (nSPS) is 9.60. The summed E-state index contributed by atoms with van der Waals surface area (Å²) in [5.74, 6) is 2.20. The van der Waals surface area contributed by atoms with Crippen molar-refractivity contribution < 1.29 is 9.53 Å². The number of carbonyl (C=O) groups excluding carboxylic acids is 1. The second-order valence-electron chi connectivity index (χ2n) is 2.97. The molecule has 0 aliphatic carbocycles. The summed E-state index contributed by atoms with van der Waals surface area (Å²) >= 11 is 0. The lowest BCUT2D eigenvalue weighted by molar-refractivity contribution is 0.0946. The molecular formula is C11H14N2O2. The molecule has 0 fully saturated rings. The molecule has 15 heavy (non-hydrogen) atoms. The van der Waals surface area contributed by atoms with E-state index >= 15 is 0 Å². The molecule has 4 heteroatoms. The molecule has 0 unspecified atom stereocenters. The van der Waals surface area contributed by atoms with Gasteiger partial charge in [-0.25, -0.2) is 0 Å². The first-order valence-electron chi connectivity index (χ1n) is 4.65. The molecule has 0 saturated carbocycles. The molecule has 0 atom stereocenters. The zero-order chi connectivity index (χ0) is 11.1. The summed E-state index contributed by atoms with van der Waals surface area (Å²) in [6.45, 7) is 1.47. The van der Waals surface area contributed by atoms with E-state index in [0.717, 1.165) is 0 Å². The third-order valence-corrected chi connectivity index (χ3v) is 1.95. The van der Waals surface area contributed by atoms with Crippen molar-refractivity contribution >= 4 is 5.91 Å². The van der Waals surface area contributed by atoms with Gasteiger partial charge in [-0.2, -0.15) is 0 Å². The molecule has 1 rings (SSSR count). The Morgan fingerprint density at radius 2 is 2.53 bits per heavy atom. The van der Waals surface area contributed by atoms with E-state index in [1.807, 2.05) is 16.8 Å². The molecule has 1 aromatic heterocycles. The van der Waals surface area contributed by atoms with Crippen LogP contribution in [0.3, 0.4) is 0 Å². The van der Waals surface area contributed by atoms with Crippen molar-refractivity contribution in [2.45, 2.75) is 6.54 Å². The van der Waals surface area contributed by atoms with Crippen LogP contribution in [0.1, 0.15) is 10.5 Å². The van der Waals surface area contributed by atoms with Crippen LogP contribution < -0.4 is 5.32 Å². The number of hydrogen-bond donors (Lipinski definition) is 1. The molecule has 1 aromatic rings. The van der Waals surface area contributed by atoms with Crippen LogP contribution in [0.15, 0.2) is 18.3 Å². The van der Waals surface area contributed by atoms with Gasteiger partial charge in [-0.3, -0.25) is 4.79 Å². The van der Waals surface area contributed by atoms with Crippen LogP contribution in [0.2, 0.25) is 0 Å². The van der Waals surface area contributed by atoms with Crippen molar-refractivity contribution in [3.05, 3.63) is 24.0 Å². The van der Waals surface area contributed by atoms with Crippen molar-refractivity contribution in [2.24, 2.45) is 0 Å². The van der Waals surface area contributed by atoms with E-state index in [1.54, 1.807) is 13.2 Å². The fourth-order valence-electron chi connectivity index (χ4n) is 1.23. The molecule has 80 valence electrons. The number of amides is 1. The summed E-state index contributed by atoms with van der Waals surface area (Å²) in [6, 6.07) is 3.57. The largest absolute Gasteiger partial charge is 0.383 e. The Balaban J connectivity index is 2.63. The van der Waals surface area contributed by atoms with Gasteiger partial charge in [0.25, 0.3) is 5.91 Å². The molecule has 0 bridgehead atoms. The van der Waals surface area contributed by atoms with Crippen molar-refractivity contribution in [1.82, 2.24) is 9.88 Å². The van der Waals surface area contributed by atoms with Crippen molar-refractivity contribution in [3.63, 3.8) is 0 Å². The molecule has 0 saturated heterocycles. The summed E-state index contributed by atoms with van der Waals surface area (Å²) in [4.78, 5) is 11.6. The molecule has 1 heterocycles. The SMILES string of the molecule is C#CCNC(=O)c1cccn1CCOC. The van der Waals surface area contributed by atoms with Gasteiger partial charge in [-0.1, -0.05) is 5.92 Å². The van der Waals surface area contributed by atoms with E-state index in [2.05, 4.69) is 11.2 Å². The van der Waals surface area contributed by atoms with Gasteiger partial charge in [0.1, 0.15) is 5.69 Å². The number of aromatic nitrogens is 1. The average molecular weight is 206 g/mol. The van der Waals surface area contributed by atoms with Gasteiger partial charge in [-0.05, 0) is 12.1 Å². The maximum Gasteiger partial charge on any atom is 0.268 e. The van der Waals surface area contributed by atoms with Crippen LogP contribution in [0.5, 0.6) is 0 Å². The Kier molecular flexibility index (Phi) is 4.45. The highest BCUT2D eigenvalue weighted by Gasteiger charge is 2.08. The van der Waals surface area contributed by atoms with Gasteiger partial charge in [-0.15, -0.1) is 6.42 Å². The van der Waals surface area contributed by atoms with Crippen molar-refractivity contribution in [2.75, 3.05) is 20.3 Å². The monoisotopic (exact) mass is 206 g/mol. The Morgan fingerprint density at radius 1 is 1.73 bits per heavy atom. The Morgan fingerprint density at radius 3 is 3.20 bits per heavy atom. The number of carbonyl (C=O) groups is 1. The summed E-state index contributed by atoms with van der Waals surface area (Å²) in [5, 5.41) is 2.61. The van der Waals surface area contributed by atoms with Crippen LogP contribution in [-0.4, -0.2) is 30.7 Å². The number of terminal acetylenes is 1. The molecular weight excluding hydrogens is 192 g/mol. The summed E-state index contributed by atoms with van der Waals surface area (Å²) in [6.07, 6.45) is 6.89. The lowest BCUT2D eigenvalue weighted by atomic mass is 10.4. The number of hydrogen-bond acceptors (Lipinski definition) is 2. The zero-order valence-corrected chi connectivity index (χ0v) is 8.69. The standard InChI is InChI=1S/C11H14N2O2/c1-3-6-12-11(14)10-5-4-7-13(10)8-9-15-2/h1,4-5,7H,6,8-9H2,2H3,(H,12,14). The minimum atomic E-state index is -0.158. The van der Waals surface area contributed by atoms with Crippen LogP contribution in [0, 0.1) is 12.3 Å². The molecule has 0 radical (unpaired) electrons. The predicted octanol–water partition coefficient (Wildman–Crippen LogP) is 0.498. The van der Waals surface area contributed by atoms with Crippen LogP contribution in [-0.2, 0) is 11.3 Å². The second kappa shape index (κ2) is 5.89. The molecule has 0 aliphatic rings. The topological polar surface area (TPSA) is 43.3 Å². The van der Waals surface area contributed by atoms with Crippen molar-refractivity contribution in [3.8, 4) is 12.3 Å². The molecule has 0 aliphatic heterocycles. The quantitative estimate of drug-likeness (QED) is 0.713. The van der Waals surface area contributed by atoms with Gasteiger partial charge in [0, 0.05) is 19.9 Å². The number of rotatable bonds is 5. The first kappa shape index (κ1) is 11.3. The number of nitrogens with zero attached hydrogens (tertiary/aromatic N) is 1. The first-order valence-corrected chi connectivity index (χ1v) is 4.65. The van der Waals surface area contributed by atoms with Gasteiger partial charge in [0.05, 0.1) is 13.2 Å². The van der Waals surface area contributed by atoms with E-state index < -0.39 is 0 Å². The number of methoxy groups -OCH3 is 1. The Hall–Kier alpha value is -1.73. The van der Waals surface area contributed by atoms with E-state index in [4.69, 9.17) is 11.2 Å². The highest BCUT2D eigenvalue weighted by Crippen LogP contribution is 2.01. The van der Waals surface area contributed by atoms with Gasteiger partial charge in [0.2, 0.25) is 0 Å². The maximum atomic E-state index is 11.6. The summed E-state index contributed by atoms with van der Waals surface area (Å²) in [7, 11) is 1.63. The van der Waals surface area contributed by atoms with Gasteiger partial charge < -0.3 is 14.6 Å². The molecule has 1 N–H and O–H groups in total. The highest BCUT2D eigenvalue weighted by atomic mass is 16.5. The Bertz CT molecular complexity index is 363. The fourth-order valence-corrected chi connectivity index (χ4v) is 1.23. The lowest BCUT2D eigenvalue weighted by Crippen LogP contribution is -2.26. The Labute approximate surface area is 89.2 Å². The molecule has 1 amide bonds. The summed E-state index contributed by atoms with van der Waals surface area (Å²) in [5.41, 5.74) is 0.599. The number of ether oxygens (including phenoxy) is 1. The average Bonchev–Trinajstić information content (AvgIpc) is 2.71. The zero-order valence-electron chi connectivity index (χ0n) is 8.69. The summed E-state index contributed by atoms with van der Waals surface area (Å²) < 4.78 is 6.77. The smallest absolute Gasteiger partial charge is 0.268 e. The molecule has 0 spiro atoms. The third-order valence-electron chi connectivity index (χ3n) is 1.95. The fraction of sp³-hybridized carbons (Fsp3) is 0.364. The van der Waals surface area contributed by atoms with Crippen LogP contribution in [0.4, 0.5) is 0 Å². The lowest BCUT2D eigenvalue weighted by Gasteiger charge is -2.07. The third kappa shape index (κ3) is 3.15. The van der Waals surface area contributed by atoms with E-state index in [1.165, 1.54) is 0 Å². The van der Waals surface area contributed by atoms with Crippen molar-refractivity contribution in [1.29, 1.82) is 0 Å². The first-order chi connectivity index (χ1) is 7.29. The van der Waals surface area contributed by atoms with Gasteiger partial charge >= 0.3 is 0 Å². The predicted molar refractivity (Wildman–Crippen MR) is 57.5 cm³/mol. The van der Waals surface area contributed by atoms with E-state index in [0.29, 0.717) is 18.8 Å².